The Bertz CT molecular complexity index is 1370. The van der Waals surface area contributed by atoms with Gasteiger partial charge in [-0.15, -0.1) is 24.9 Å². The summed E-state index contributed by atoms with van der Waals surface area (Å²) in [6.45, 7) is 3.23. The van der Waals surface area contributed by atoms with Crippen molar-refractivity contribution in [2.75, 3.05) is 5.32 Å². The van der Waals surface area contributed by atoms with Gasteiger partial charge in [0.25, 0.3) is 0 Å². The molecule has 0 fully saturated rings. The lowest BCUT2D eigenvalue weighted by Crippen LogP contribution is -2.17. The van der Waals surface area contributed by atoms with Crippen LogP contribution in [-0.4, -0.2) is 28.1 Å². The summed E-state index contributed by atoms with van der Waals surface area (Å²) in [4.78, 5) is 16.6. The zero-order valence-electron chi connectivity index (χ0n) is 18.2. The van der Waals surface area contributed by atoms with Gasteiger partial charge in [-0.3, -0.25) is 0 Å². The highest BCUT2D eigenvalue weighted by molar-refractivity contribution is 8.01. The maximum absolute atomic E-state index is 13.8. The molecule has 0 saturated carbocycles. The van der Waals surface area contributed by atoms with Crippen molar-refractivity contribution in [1.82, 2.24) is 4.98 Å². The number of thiazole rings is 1. The maximum atomic E-state index is 13.8. The van der Waals surface area contributed by atoms with Crippen LogP contribution in [0.3, 0.4) is 0 Å². The van der Waals surface area contributed by atoms with Gasteiger partial charge in [0.05, 0.1) is 9.90 Å². The molecule has 0 radical (unpaired) electrons. The molecule has 1 unspecified atom stereocenters. The average Bonchev–Trinajstić information content (AvgIpc) is 3.14. The molecule has 35 heavy (non-hydrogen) atoms. The maximum Gasteiger partial charge on any atom is 0.573 e. The first kappa shape index (κ1) is 24.7. The SMILES string of the molecule is CC(=N)/C(=C(\Nc1nc2c(s1)SC(C)c1cc(OC(F)(F)F)ccc1-2)C(=O)O)c1cccc(F)c1. The van der Waals surface area contributed by atoms with Gasteiger partial charge in [-0.25, -0.2) is 14.2 Å². The normalized spacial score (nSPS) is 15.5. The molecular weight excluding hydrogens is 506 g/mol. The molecule has 0 amide bonds. The van der Waals surface area contributed by atoms with E-state index in [9.17, 15) is 27.5 Å². The van der Waals surface area contributed by atoms with Crippen LogP contribution in [-0.2, 0) is 4.79 Å². The summed E-state index contributed by atoms with van der Waals surface area (Å²) in [5, 5.41) is 20.7. The third-order valence-corrected chi connectivity index (χ3v) is 7.33. The first-order valence-corrected chi connectivity index (χ1v) is 11.8. The van der Waals surface area contributed by atoms with Crippen molar-refractivity contribution < 1.29 is 32.2 Å². The topological polar surface area (TPSA) is 95.3 Å². The minimum absolute atomic E-state index is 0.000495. The van der Waals surface area contributed by atoms with Crippen LogP contribution in [0, 0.1) is 11.2 Å². The molecule has 1 aliphatic heterocycles. The average molecular weight is 524 g/mol. The molecule has 2 heterocycles. The summed E-state index contributed by atoms with van der Waals surface area (Å²) in [6.07, 6.45) is -4.81. The van der Waals surface area contributed by atoms with Crippen molar-refractivity contribution in [3.05, 3.63) is 65.1 Å². The quantitative estimate of drug-likeness (QED) is 0.184. The van der Waals surface area contributed by atoms with Crippen molar-refractivity contribution in [2.24, 2.45) is 0 Å². The van der Waals surface area contributed by atoms with Gasteiger partial charge < -0.3 is 20.6 Å². The number of alkyl halides is 3. The number of nitrogens with zero attached hydrogens (tertiary/aromatic N) is 1. The van der Waals surface area contributed by atoms with Gasteiger partial charge in [-0.05, 0) is 55.3 Å². The number of aliphatic carboxylic acids is 1. The van der Waals surface area contributed by atoms with Crippen molar-refractivity contribution in [2.45, 2.75) is 29.7 Å². The summed E-state index contributed by atoms with van der Waals surface area (Å²) < 4.78 is 56.5. The summed E-state index contributed by atoms with van der Waals surface area (Å²) in [5.74, 6) is -2.27. The lowest BCUT2D eigenvalue weighted by molar-refractivity contribution is -0.274. The Kier molecular flexibility index (Phi) is 6.60. The number of carbonyl (C=O) groups is 1. The standard InChI is InChI=1S/C23H17F4N3O3S2/c1-10(28)17(12-4-3-5-13(24)8-12)19(20(31)32)30-22-29-18-15-7-6-14(33-23(25,26)27)9-16(15)11(2)34-21(18)35-22/h3-9,11,28H,1-2H3,(H,29,30)(H,31,32)/b19-17+,28-10?. The summed E-state index contributed by atoms with van der Waals surface area (Å²) in [5.41, 5.74) is 1.49. The number of nitrogens with one attached hydrogen (secondary N) is 2. The molecule has 12 heteroatoms. The Morgan fingerprint density at radius 3 is 2.60 bits per heavy atom. The van der Waals surface area contributed by atoms with Crippen molar-refractivity contribution in [3.8, 4) is 17.0 Å². The van der Waals surface area contributed by atoms with Gasteiger partial charge in [0.15, 0.2) is 5.13 Å². The van der Waals surface area contributed by atoms with E-state index in [1.807, 2.05) is 6.92 Å². The third-order valence-electron chi connectivity index (χ3n) is 5.01. The number of allylic oxidation sites excluding steroid dienone is 1. The number of anilines is 1. The smallest absolute Gasteiger partial charge is 0.477 e. The second-order valence-corrected chi connectivity index (χ2v) is 10.1. The van der Waals surface area contributed by atoms with E-state index in [0.717, 1.165) is 10.3 Å². The minimum atomic E-state index is -4.81. The Morgan fingerprint density at radius 2 is 1.97 bits per heavy atom. The van der Waals surface area contributed by atoms with Gasteiger partial charge in [0, 0.05) is 22.1 Å². The number of hydrogen-bond acceptors (Lipinski definition) is 7. The highest BCUT2D eigenvalue weighted by Gasteiger charge is 2.33. The number of aromatic nitrogens is 1. The van der Waals surface area contributed by atoms with Crippen molar-refractivity contribution in [3.63, 3.8) is 0 Å². The van der Waals surface area contributed by atoms with Gasteiger partial charge in [0.2, 0.25) is 0 Å². The summed E-state index contributed by atoms with van der Waals surface area (Å²) in [6, 6.07) is 9.28. The molecule has 1 aliphatic rings. The van der Waals surface area contributed by atoms with Crippen LogP contribution in [0.25, 0.3) is 16.8 Å². The highest BCUT2D eigenvalue weighted by Crippen LogP contribution is 2.52. The number of ether oxygens (including phenoxy) is 1. The van der Waals surface area contributed by atoms with Crippen LogP contribution < -0.4 is 10.1 Å². The van der Waals surface area contributed by atoms with Crippen molar-refractivity contribution >= 4 is 45.5 Å². The summed E-state index contributed by atoms with van der Waals surface area (Å²) in [7, 11) is 0. The molecule has 182 valence electrons. The second kappa shape index (κ2) is 9.34. The Morgan fingerprint density at radius 1 is 1.23 bits per heavy atom. The van der Waals surface area contributed by atoms with Crippen molar-refractivity contribution in [1.29, 1.82) is 5.41 Å². The molecule has 4 rings (SSSR count). The largest absolute Gasteiger partial charge is 0.573 e. The molecule has 0 spiro atoms. The molecule has 3 aromatic rings. The zero-order valence-corrected chi connectivity index (χ0v) is 19.8. The van der Waals surface area contributed by atoms with E-state index in [2.05, 4.69) is 15.0 Å². The molecule has 2 aromatic carbocycles. The van der Waals surface area contributed by atoms with E-state index in [1.165, 1.54) is 66.4 Å². The first-order valence-electron chi connectivity index (χ1n) is 10.1. The summed E-state index contributed by atoms with van der Waals surface area (Å²) >= 11 is 2.55. The van der Waals surface area contributed by atoms with E-state index >= 15 is 0 Å². The van der Waals surface area contributed by atoms with E-state index in [4.69, 9.17) is 5.41 Å². The molecule has 0 saturated heterocycles. The highest BCUT2D eigenvalue weighted by atomic mass is 32.2. The van der Waals surface area contributed by atoms with E-state index in [0.29, 0.717) is 16.8 Å². The van der Waals surface area contributed by atoms with E-state index < -0.39 is 18.1 Å². The second-order valence-electron chi connectivity index (χ2n) is 7.53. The van der Waals surface area contributed by atoms with Gasteiger partial charge in [0.1, 0.15) is 17.3 Å². The number of halogens is 4. The number of thioether (sulfide) groups is 1. The fourth-order valence-electron chi connectivity index (χ4n) is 3.65. The van der Waals surface area contributed by atoms with Crippen LogP contribution in [0.4, 0.5) is 22.7 Å². The third kappa shape index (κ3) is 5.33. The number of benzene rings is 2. The number of rotatable bonds is 6. The van der Waals surface area contributed by atoms with Crippen LogP contribution in [0.2, 0.25) is 0 Å². The minimum Gasteiger partial charge on any atom is -0.477 e. The number of fused-ring (bicyclic) bond motifs is 3. The monoisotopic (exact) mass is 523 g/mol. The van der Waals surface area contributed by atoms with Gasteiger partial charge >= 0.3 is 12.3 Å². The zero-order chi connectivity index (χ0) is 25.5. The predicted molar refractivity (Wildman–Crippen MR) is 126 cm³/mol. The molecule has 0 bridgehead atoms. The molecule has 6 nitrogen and oxygen atoms in total. The molecular formula is C23H17F4N3O3S2. The Hall–Kier alpha value is -3.38. The Labute approximate surface area is 205 Å². The number of carboxylic acid groups (broad SMARTS) is 1. The lowest BCUT2D eigenvalue weighted by Gasteiger charge is -2.22. The molecule has 1 atom stereocenters. The number of carboxylic acids is 1. The fraction of sp³-hybridized carbons (Fsp3) is 0.174. The van der Waals surface area contributed by atoms with Gasteiger partial charge in [-0.1, -0.05) is 23.5 Å². The van der Waals surface area contributed by atoms with E-state index in [-0.39, 0.29) is 38.7 Å². The number of hydrogen-bond donors (Lipinski definition) is 3. The molecule has 0 aliphatic carbocycles. The fourth-order valence-corrected chi connectivity index (χ4v) is 6.14. The van der Waals surface area contributed by atoms with Crippen LogP contribution in [0.1, 0.15) is 30.2 Å². The van der Waals surface area contributed by atoms with Crippen LogP contribution >= 0.6 is 23.1 Å². The van der Waals surface area contributed by atoms with E-state index in [1.54, 1.807) is 0 Å². The predicted octanol–water partition coefficient (Wildman–Crippen LogP) is 6.96. The lowest BCUT2D eigenvalue weighted by atomic mass is 9.99. The van der Waals surface area contributed by atoms with Crippen LogP contribution in [0.15, 0.2) is 52.4 Å². The van der Waals surface area contributed by atoms with Gasteiger partial charge in [-0.2, -0.15) is 0 Å². The Balaban J connectivity index is 1.75. The molecule has 1 aromatic heterocycles. The first-order chi connectivity index (χ1) is 16.4. The molecule has 3 N–H and O–H groups in total. The van der Waals surface area contributed by atoms with Crippen LogP contribution in [0.5, 0.6) is 5.75 Å².